The molecule has 2 aromatic heterocycles. The van der Waals surface area contributed by atoms with Gasteiger partial charge >= 0.3 is 0 Å². The lowest BCUT2D eigenvalue weighted by Crippen LogP contribution is -1.83. The normalized spacial score (nSPS) is 10.3. The van der Waals surface area contributed by atoms with Crippen LogP contribution in [0.3, 0.4) is 0 Å². The minimum Gasteiger partial charge on any atom is -0.255 e. The molecule has 0 aliphatic rings. The highest BCUT2D eigenvalue weighted by molar-refractivity contribution is 14.1. The van der Waals surface area contributed by atoms with Crippen LogP contribution in [0.1, 0.15) is 5.01 Å². The van der Waals surface area contributed by atoms with Crippen LogP contribution in [-0.4, -0.2) is 9.97 Å². The second-order valence-corrected chi connectivity index (χ2v) is 5.58. The Morgan fingerprint density at radius 3 is 2.77 bits per heavy atom. The van der Waals surface area contributed by atoms with Crippen LogP contribution in [0.5, 0.6) is 0 Å². The number of hydrogen-bond acceptors (Lipinski definition) is 3. The van der Waals surface area contributed by atoms with Gasteiger partial charge in [-0.2, -0.15) is 0 Å². The monoisotopic (exact) mass is 302 g/mol. The predicted molar refractivity (Wildman–Crippen MR) is 62.8 cm³/mol. The molecule has 13 heavy (non-hydrogen) atoms. The molecule has 4 heteroatoms. The van der Waals surface area contributed by atoms with E-state index in [9.17, 15) is 0 Å². The molecule has 66 valence electrons. The van der Waals surface area contributed by atoms with Gasteiger partial charge in [-0.25, -0.2) is 4.98 Å². The summed E-state index contributed by atoms with van der Waals surface area (Å²) in [7, 11) is 0. The Balaban J connectivity index is 2.53. The van der Waals surface area contributed by atoms with Gasteiger partial charge in [0.15, 0.2) is 0 Å². The van der Waals surface area contributed by atoms with Gasteiger partial charge in [-0.3, -0.25) is 4.98 Å². The fraction of sp³-hybridized carbons (Fsp3) is 0.111. The quantitative estimate of drug-likeness (QED) is 0.756. The summed E-state index contributed by atoms with van der Waals surface area (Å²) in [6.07, 6.45) is 1.79. The third-order valence-electron chi connectivity index (χ3n) is 1.60. The van der Waals surface area contributed by atoms with Crippen molar-refractivity contribution in [2.45, 2.75) is 6.92 Å². The lowest BCUT2D eigenvalue weighted by Gasteiger charge is -1.94. The van der Waals surface area contributed by atoms with Crippen LogP contribution in [0.25, 0.3) is 11.4 Å². The van der Waals surface area contributed by atoms with Gasteiger partial charge in [-0.05, 0) is 41.6 Å². The van der Waals surface area contributed by atoms with Crippen LogP contribution < -0.4 is 0 Å². The maximum atomic E-state index is 4.43. The molecule has 0 N–H and O–H groups in total. The highest BCUT2D eigenvalue weighted by Gasteiger charge is 2.08. The number of thiazole rings is 1. The van der Waals surface area contributed by atoms with E-state index in [1.165, 1.54) is 2.88 Å². The molecule has 0 bridgehead atoms. The molecule has 0 aliphatic heterocycles. The van der Waals surface area contributed by atoms with E-state index < -0.39 is 0 Å². The first-order valence-electron chi connectivity index (χ1n) is 3.81. The van der Waals surface area contributed by atoms with Crippen LogP contribution in [0, 0.1) is 9.81 Å². The van der Waals surface area contributed by atoms with E-state index >= 15 is 0 Å². The average Bonchev–Trinajstić information content (AvgIpc) is 2.47. The molecule has 0 unspecified atom stereocenters. The molecule has 2 aromatic rings. The largest absolute Gasteiger partial charge is 0.255 e. The van der Waals surface area contributed by atoms with Crippen molar-refractivity contribution in [3.63, 3.8) is 0 Å². The van der Waals surface area contributed by atoms with Crippen molar-refractivity contribution in [1.29, 1.82) is 0 Å². The first-order valence-corrected chi connectivity index (χ1v) is 5.71. The molecule has 0 spiro atoms. The van der Waals surface area contributed by atoms with E-state index in [1.807, 2.05) is 25.1 Å². The topological polar surface area (TPSA) is 25.8 Å². The van der Waals surface area contributed by atoms with Crippen LogP contribution >= 0.6 is 33.9 Å². The second kappa shape index (κ2) is 3.71. The fourth-order valence-corrected chi connectivity index (χ4v) is 3.06. The van der Waals surface area contributed by atoms with Gasteiger partial charge in [0.1, 0.15) is 5.69 Å². The number of nitrogens with zero attached hydrogens (tertiary/aromatic N) is 2. The van der Waals surface area contributed by atoms with Crippen molar-refractivity contribution in [3.8, 4) is 11.4 Å². The van der Waals surface area contributed by atoms with Gasteiger partial charge in [0.25, 0.3) is 0 Å². The summed E-state index contributed by atoms with van der Waals surface area (Å²) < 4.78 is 1.20. The molecule has 2 nitrogen and oxygen atoms in total. The van der Waals surface area contributed by atoms with E-state index in [4.69, 9.17) is 0 Å². The molecular formula is C9H7IN2S. The summed E-state index contributed by atoms with van der Waals surface area (Å²) in [6.45, 7) is 2.01. The Kier molecular flexibility index (Phi) is 2.59. The number of pyridine rings is 1. The third kappa shape index (κ3) is 1.88. The summed E-state index contributed by atoms with van der Waals surface area (Å²) in [6, 6.07) is 5.87. The second-order valence-electron chi connectivity index (χ2n) is 2.57. The average molecular weight is 302 g/mol. The van der Waals surface area contributed by atoms with Crippen molar-refractivity contribution >= 4 is 33.9 Å². The summed E-state index contributed by atoms with van der Waals surface area (Å²) in [4.78, 5) is 8.69. The van der Waals surface area contributed by atoms with Gasteiger partial charge in [0.05, 0.1) is 13.6 Å². The Morgan fingerprint density at radius 2 is 2.23 bits per heavy atom. The van der Waals surface area contributed by atoms with Crippen LogP contribution in [0.15, 0.2) is 24.4 Å². The molecule has 0 aliphatic carbocycles. The number of hydrogen-bond donors (Lipinski definition) is 0. The maximum Gasteiger partial charge on any atom is 0.113 e. The summed E-state index contributed by atoms with van der Waals surface area (Å²) in [5.74, 6) is 0. The minimum atomic E-state index is 0.955. The zero-order valence-corrected chi connectivity index (χ0v) is 9.96. The smallest absolute Gasteiger partial charge is 0.113 e. The standard InChI is InChI=1S/C9H7IN2S/c1-6-12-8(9(10)13-6)7-4-2-3-5-11-7/h2-5H,1H3. The zero-order valence-electron chi connectivity index (χ0n) is 6.99. The molecule has 2 rings (SSSR count). The first kappa shape index (κ1) is 9.08. The van der Waals surface area contributed by atoms with E-state index in [0.29, 0.717) is 0 Å². The van der Waals surface area contributed by atoms with E-state index in [0.717, 1.165) is 16.4 Å². The van der Waals surface area contributed by atoms with Crippen molar-refractivity contribution in [3.05, 3.63) is 32.3 Å². The summed E-state index contributed by atoms with van der Waals surface area (Å²) in [5.41, 5.74) is 1.96. The van der Waals surface area contributed by atoms with Crippen molar-refractivity contribution < 1.29 is 0 Å². The van der Waals surface area contributed by atoms with Gasteiger partial charge in [-0.1, -0.05) is 6.07 Å². The summed E-state index contributed by atoms with van der Waals surface area (Å²) >= 11 is 4.00. The molecule has 0 amide bonds. The number of rotatable bonds is 1. The SMILES string of the molecule is Cc1nc(-c2ccccn2)c(I)s1. The molecule has 0 saturated carbocycles. The summed E-state index contributed by atoms with van der Waals surface area (Å²) in [5, 5.41) is 1.09. The fourth-order valence-electron chi connectivity index (χ4n) is 1.06. The molecule has 0 saturated heterocycles. The van der Waals surface area contributed by atoms with Crippen LogP contribution in [0.2, 0.25) is 0 Å². The molecule has 0 aromatic carbocycles. The predicted octanol–water partition coefficient (Wildman–Crippen LogP) is 3.12. The molecular weight excluding hydrogens is 295 g/mol. The Hall–Kier alpha value is -0.490. The van der Waals surface area contributed by atoms with Gasteiger partial charge in [-0.15, -0.1) is 11.3 Å². The molecule has 2 heterocycles. The minimum absolute atomic E-state index is 0.955. The van der Waals surface area contributed by atoms with E-state index in [2.05, 4.69) is 32.6 Å². The van der Waals surface area contributed by atoms with Crippen LogP contribution in [0.4, 0.5) is 0 Å². The molecule has 0 atom stereocenters. The lowest BCUT2D eigenvalue weighted by atomic mass is 10.3. The van der Waals surface area contributed by atoms with Gasteiger partial charge in [0.2, 0.25) is 0 Å². The van der Waals surface area contributed by atoms with Gasteiger partial charge < -0.3 is 0 Å². The number of aromatic nitrogens is 2. The van der Waals surface area contributed by atoms with E-state index in [1.54, 1.807) is 17.5 Å². The van der Waals surface area contributed by atoms with E-state index in [-0.39, 0.29) is 0 Å². The zero-order chi connectivity index (χ0) is 9.26. The number of aryl methyl sites for hydroxylation is 1. The van der Waals surface area contributed by atoms with Crippen LogP contribution in [-0.2, 0) is 0 Å². The highest BCUT2D eigenvalue weighted by atomic mass is 127. The highest BCUT2D eigenvalue weighted by Crippen LogP contribution is 2.27. The Morgan fingerprint density at radius 1 is 1.38 bits per heavy atom. The van der Waals surface area contributed by atoms with Crippen molar-refractivity contribution in [2.24, 2.45) is 0 Å². The lowest BCUT2D eigenvalue weighted by molar-refractivity contribution is 1.24. The third-order valence-corrected chi connectivity index (χ3v) is 3.53. The Labute approximate surface area is 94.2 Å². The molecule has 0 radical (unpaired) electrons. The Bertz CT molecular complexity index is 411. The maximum absolute atomic E-state index is 4.43. The first-order chi connectivity index (χ1) is 6.27. The van der Waals surface area contributed by atoms with Gasteiger partial charge in [0, 0.05) is 6.20 Å². The molecule has 0 fully saturated rings. The number of halogens is 1. The van der Waals surface area contributed by atoms with Crippen molar-refractivity contribution in [2.75, 3.05) is 0 Å². The van der Waals surface area contributed by atoms with Crippen molar-refractivity contribution in [1.82, 2.24) is 9.97 Å².